The molecule has 0 aliphatic carbocycles. The molecule has 2 aliphatic heterocycles. The van der Waals surface area contributed by atoms with E-state index >= 15 is 0 Å². The van der Waals surface area contributed by atoms with E-state index in [-0.39, 0.29) is 19.5 Å². The van der Waals surface area contributed by atoms with Crippen LogP contribution in [0.4, 0.5) is 45.5 Å². The summed E-state index contributed by atoms with van der Waals surface area (Å²) in [5.74, 6) is -2.99. The first-order chi connectivity index (χ1) is 30.3. The van der Waals surface area contributed by atoms with Crippen molar-refractivity contribution in [1.29, 1.82) is 0 Å². The number of nitrogens with zero attached hydrogens (tertiary/aromatic N) is 16. The summed E-state index contributed by atoms with van der Waals surface area (Å²) in [5.41, 5.74) is -13.1. The smallest absolute Gasteiger partial charge is 0.357 e. The molecule has 65 heavy (non-hydrogen) atoms. The van der Waals surface area contributed by atoms with E-state index in [1.807, 2.05) is 0 Å². The monoisotopic (exact) mass is 936 g/mol. The van der Waals surface area contributed by atoms with Crippen LogP contribution in [-0.4, -0.2) is 69.3 Å². The molecule has 8 bridgehead atoms. The summed E-state index contributed by atoms with van der Waals surface area (Å²) in [5, 5.41) is 95.7. The Bertz CT molecular complexity index is 3450. The van der Waals surface area contributed by atoms with Crippen molar-refractivity contribution in [2.45, 2.75) is 0 Å². The average molecular weight is 938 g/mol. The Morgan fingerprint density at radius 1 is 0.338 bits per heavy atom. The number of hydrogen-bond donors (Lipinski definition) is 0. The number of nitro benzene ring substituents is 8. The number of hydrogen-bond acceptors (Lipinski definition) is 22. The molecule has 9 rings (SSSR count). The Labute approximate surface area is 362 Å². The summed E-state index contributed by atoms with van der Waals surface area (Å²) >= 11 is 0. The number of aromatic nitrogens is 8. The molecule has 0 unspecified atom stereocenters. The zero-order valence-corrected chi connectivity index (χ0v) is 34.0. The SMILES string of the molecule is O=[N+]([O-])c1cc2c(c([N+](=O)[O-])c1)-c1nc-2nc2[n-]c(nc3nc(nc4[n-]c(n1)c1cc([N+](=O)[O-])cc([N+](=O)[O-])c41)-c1cc([N+](=O)[O-])cc([N+](=O)[O-])c1-3)c1cc([N+](=O)[O-])cc([N+](=O)[O-])c21.[Zn+2]. The maximum absolute atomic E-state index is 12.5. The average Bonchev–Trinajstić information content (AvgIpc) is 3.97. The molecule has 3 aromatic heterocycles. The second-order valence-corrected chi connectivity index (χ2v) is 13.1. The molecule has 0 spiro atoms. The Morgan fingerprint density at radius 3 is 0.938 bits per heavy atom. The van der Waals surface area contributed by atoms with E-state index in [1.54, 1.807) is 0 Å². The first-order valence-corrected chi connectivity index (χ1v) is 16.9. The van der Waals surface area contributed by atoms with Gasteiger partial charge in [0.2, 0.25) is 0 Å². The zero-order valence-electron chi connectivity index (χ0n) is 31.0. The van der Waals surface area contributed by atoms with Crippen LogP contribution in [0.3, 0.4) is 0 Å². The molecule has 33 heteroatoms. The molecule has 7 aromatic rings. The summed E-state index contributed by atoms with van der Waals surface area (Å²) in [6.07, 6.45) is 0. The second-order valence-electron chi connectivity index (χ2n) is 13.1. The zero-order chi connectivity index (χ0) is 45.8. The number of nitro groups is 8. The van der Waals surface area contributed by atoms with Gasteiger partial charge in [0.1, 0.15) is 0 Å². The van der Waals surface area contributed by atoms with Crippen LogP contribution < -0.4 is 9.97 Å². The van der Waals surface area contributed by atoms with E-state index in [2.05, 4.69) is 39.9 Å². The summed E-state index contributed by atoms with van der Waals surface area (Å²) in [4.78, 5) is 123. The van der Waals surface area contributed by atoms with Crippen LogP contribution in [-0.2, 0) is 19.5 Å². The van der Waals surface area contributed by atoms with Crippen molar-refractivity contribution in [3.05, 3.63) is 129 Å². The van der Waals surface area contributed by atoms with Crippen LogP contribution >= 0.6 is 0 Å². The standard InChI is InChI=1S/C32H8N16O16.Zn/c49-41(50)9-1-13-21(17(5-9)45(57)58)29-33-25(13)37-30-22-14(2-10(42(51)52)6-18(22)46(59)60)27(34-30)39-32-24-16(4-12(44(55)56)8-20(24)48(63)64)28(36-32)40-31-23-15(26(35-31)38-29)3-11(43(53)54)7-19(23)47(61)62;/h1-8H;/q-2;+2. The van der Waals surface area contributed by atoms with Gasteiger partial charge in [-0.15, -0.1) is 0 Å². The van der Waals surface area contributed by atoms with Crippen LogP contribution in [0.2, 0.25) is 0 Å². The molecule has 0 atom stereocenters. The van der Waals surface area contributed by atoms with Crippen molar-refractivity contribution in [1.82, 2.24) is 39.9 Å². The van der Waals surface area contributed by atoms with E-state index in [0.717, 1.165) is 24.3 Å². The Hall–Kier alpha value is -9.94. The predicted molar refractivity (Wildman–Crippen MR) is 207 cm³/mol. The van der Waals surface area contributed by atoms with Crippen LogP contribution in [0.1, 0.15) is 0 Å². The summed E-state index contributed by atoms with van der Waals surface area (Å²) < 4.78 is 0. The predicted octanol–water partition coefficient (Wildman–Crippen LogP) is 5.39. The van der Waals surface area contributed by atoms with Gasteiger partial charge in [0.25, 0.3) is 45.5 Å². The van der Waals surface area contributed by atoms with Gasteiger partial charge >= 0.3 is 19.5 Å². The van der Waals surface area contributed by atoms with Crippen LogP contribution in [0.25, 0.3) is 89.7 Å². The van der Waals surface area contributed by atoms with Crippen molar-refractivity contribution < 1.29 is 58.9 Å². The largest absolute Gasteiger partial charge is 2.00 e. The van der Waals surface area contributed by atoms with Crippen molar-refractivity contribution in [2.75, 3.05) is 0 Å². The molecule has 0 saturated carbocycles. The molecular formula is C32H8N16O16Zn. The molecule has 0 fully saturated rings. The first kappa shape index (κ1) is 41.8. The fraction of sp³-hybridized carbons (Fsp3) is 0. The van der Waals surface area contributed by atoms with Gasteiger partial charge < -0.3 is 29.9 Å². The Kier molecular flexibility index (Phi) is 9.39. The van der Waals surface area contributed by atoms with Gasteiger partial charge in [-0.2, -0.15) is 0 Å². The van der Waals surface area contributed by atoms with E-state index < -0.39 is 175 Å². The van der Waals surface area contributed by atoms with Gasteiger partial charge in [0.15, 0.2) is 0 Å². The number of non-ortho nitro benzene ring substituents is 6. The summed E-state index contributed by atoms with van der Waals surface area (Å²) in [6, 6.07) is 5.08. The molecule has 32 nitrogen and oxygen atoms in total. The van der Waals surface area contributed by atoms with Crippen LogP contribution in [0, 0.1) is 80.9 Å². The normalized spacial score (nSPS) is 11.3. The maximum atomic E-state index is 12.5. The van der Waals surface area contributed by atoms with Gasteiger partial charge in [-0.1, -0.05) is 0 Å². The van der Waals surface area contributed by atoms with Gasteiger partial charge in [0, 0.05) is 68.8 Å². The van der Waals surface area contributed by atoms with E-state index in [4.69, 9.17) is 0 Å². The molecule has 2 aliphatic rings. The van der Waals surface area contributed by atoms with Crippen LogP contribution in [0.15, 0.2) is 48.5 Å². The third kappa shape index (κ3) is 6.51. The minimum atomic E-state index is -1.08. The van der Waals surface area contributed by atoms with Crippen molar-refractivity contribution >= 4 is 89.6 Å². The van der Waals surface area contributed by atoms with E-state index in [9.17, 15) is 80.9 Å². The molecule has 0 N–H and O–H groups in total. The maximum Gasteiger partial charge on any atom is 2.00 e. The molecular weight excluding hydrogens is 930 g/mol. The quantitative estimate of drug-likeness (QED) is 0.105. The van der Waals surface area contributed by atoms with Gasteiger partial charge in [-0.25, -0.2) is 9.97 Å². The second kappa shape index (κ2) is 14.6. The number of rotatable bonds is 8. The summed E-state index contributed by atoms with van der Waals surface area (Å²) in [7, 11) is 0. The minimum Gasteiger partial charge on any atom is -0.357 e. The molecule has 0 saturated heterocycles. The van der Waals surface area contributed by atoms with Crippen LogP contribution in [0.5, 0.6) is 0 Å². The van der Waals surface area contributed by atoms with E-state index in [1.165, 1.54) is 0 Å². The van der Waals surface area contributed by atoms with E-state index in [0.29, 0.717) is 24.3 Å². The molecule has 0 radical (unpaired) electrons. The van der Waals surface area contributed by atoms with Gasteiger partial charge in [-0.3, -0.25) is 80.9 Å². The summed E-state index contributed by atoms with van der Waals surface area (Å²) in [6.45, 7) is 0. The molecule has 4 aromatic carbocycles. The minimum absolute atomic E-state index is 0. The third-order valence-electron chi connectivity index (χ3n) is 9.59. The Morgan fingerprint density at radius 2 is 0.631 bits per heavy atom. The van der Waals surface area contributed by atoms with Crippen molar-refractivity contribution in [3.8, 4) is 45.6 Å². The topological polar surface area (TPSA) is 451 Å². The Balaban J connectivity index is 0.00000576. The fourth-order valence-electron chi connectivity index (χ4n) is 7.02. The number of fused-ring (bicyclic) bond motifs is 20. The van der Waals surface area contributed by atoms with Gasteiger partial charge in [0.05, 0.1) is 109 Å². The number of benzene rings is 4. The third-order valence-corrected chi connectivity index (χ3v) is 9.59. The van der Waals surface area contributed by atoms with Crippen molar-refractivity contribution in [2.24, 2.45) is 0 Å². The first-order valence-electron chi connectivity index (χ1n) is 16.9. The molecule has 5 heterocycles. The fourth-order valence-corrected chi connectivity index (χ4v) is 7.02. The molecule has 314 valence electrons. The van der Waals surface area contributed by atoms with Crippen molar-refractivity contribution in [3.63, 3.8) is 0 Å². The molecule has 0 amide bonds. The van der Waals surface area contributed by atoms with Gasteiger partial charge in [-0.05, 0) is 0 Å².